The minimum atomic E-state index is -0.749. The van der Waals surface area contributed by atoms with Gasteiger partial charge in [0.15, 0.2) is 0 Å². The van der Waals surface area contributed by atoms with Gasteiger partial charge in [-0.1, -0.05) is 25.1 Å². The lowest BCUT2D eigenvalue weighted by Gasteiger charge is -2.13. The van der Waals surface area contributed by atoms with Crippen LogP contribution in [-0.2, 0) is 6.42 Å². The number of hydrogen-bond donors (Lipinski definition) is 2. The van der Waals surface area contributed by atoms with E-state index >= 15 is 4.39 Å². The molecular weight excluding hydrogens is 291 g/mol. The molecule has 1 heterocycles. The summed E-state index contributed by atoms with van der Waals surface area (Å²) in [5.41, 5.74) is 10.3. The summed E-state index contributed by atoms with van der Waals surface area (Å²) < 4.78 is 15.1. The van der Waals surface area contributed by atoms with Crippen molar-refractivity contribution in [1.82, 2.24) is 4.98 Å². The number of H-pyrrole nitrogens is 1. The van der Waals surface area contributed by atoms with Gasteiger partial charge in [-0.05, 0) is 43.5 Å². The SMILES string of the molecule is CCc1ccc(C(N)=O)c(F)c1-c1c(C)[nH]c2cccc(C)c12. The van der Waals surface area contributed by atoms with Crippen molar-refractivity contribution in [2.45, 2.75) is 27.2 Å². The molecule has 0 spiro atoms. The number of aryl methyl sites for hydroxylation is 3. The summed E-state index contributed by atoms with van der Waals surface area (Å²) in [6, 6.07) is 9.20. The van der Waals surface area contributed by atoms with E-state index in [1.54, 1.807) is 6.07 Å². The second kappa shape index (κ2) is 5.54. The predicted molar refractivity (Wildman–Crippen MR) is 91.1 cm³/mol. The summed E-state index contributed by atoms with van der Waals surface area (Å²) in [7, 11) is 0. The normalized spacial score (nSPS) is 11.1. The van der Waals surface area contributed by atoms with Gasteiger partial charge < -0.3 is 10.7 Å². The highest BCUT2D eigenvalue weighted by molar-refractivity contribution is 6.02. The van der Waals surface area contributed by atoms with Gasteiger partial charge in [0, 0.05) is 27.7 Å². The molecule has 3 aromatic rings. The van der Waals surface area contributed by atoms with Gasteiger partial charge in [0.05, 0.1) is 5.56 Å². The number of hydrogen-bond acceptors (Lipinski definition) is 1. The Bertz CT molecular complexity index is 925. The van der Waals surface area contributed by atoms with E-state index in [2.05, 4.69) is 4.98 Å². The van der Waals surface area contributed by atoms with Gasteiger partial charge >= 0.3 is 0 Å². The summed E-state index contributed by atoms with van der Waals surface area (Å²) in [5, 5.41) is 0.986. The maximum absolute atomic E-state index is 15.1. The standard InChI is InChI=1S/C19H19FN2O/c1-4-12-8-9-13(19(21)23)18(20)17(12)16-11(3)22-14-7-5-6-10(2)15(14)16/h5-9,22H,4H2,1-3H3,(H2,21,23). The molecule has 0 aliphatic rings. The molecule has 0 atom stereocenters. The molecule has 0 aliphatic carbocycles. The molecule has 23 heavy (non-hydrogen) atoms. The number of halogens is 1. The fourth-order valence-electron chi connectivity index (χ4n) is 3.24. The van der Waals surface area contributed by atoms with Crippen LogP contribution in [0.1, 0.15) is 34.1 Å². The molecule has 0 unspecified atom stereocenters. The van der Waals surface area contributed by atoms with Crippen molar-refractivity contribution >= 4 is 16.8 Å². The first-order valence-electron chi connectivity index (χ1n) is 7.65. The van der Waals surface area contributed by atoms with Gasteiger partial charge in [-0.15, -0.1) is 0 Å². The number of aromatic nitrogens is 1. The maximum Gasteiger partial charge on any atom is 0.251 e. The molecular formula is C19H19FN2O. The molecule has 0 fully saturated rings. The zero-order valence-electron chi connectivity index (χ0n) is 13.5. The van der Waals surface area contributed by atoms with E-state index in [0.29, 0.717) is 12.0 Å². The van der Waals surface area contributed by atoms with E-state index in [1.165, 1.54) is 6.07 Å². The largest absolute Gasteiger partial charge is 0.366 e. The van der Waals surface area contributed by atoms with Gasteiger partial charge in [0.25, 0.3) is 5.91 Å². The summed E-state index contributed by atoms with van der Waals surface area (Å²) >= 11 is 0. The van der Waals surface area contributed by atoms with E-state index in [4.69, 9.17) is 5.73 Å². The number of benzene rings is 2. The molecule has 3 rings (SSSR count). The summed E-state index contributed by atoms with van der Waals surface area (Å²) in [6.45, 7) is 5.89. The minimum Gasteiger partial charge on any atom is -0.366 e. The van der Waals surface area contributed by atoms with Crippen LogP contribution in [0.2, 0.25) is 0 Å². The van der Waals surface area contributed by atoms with Crippen molar-refractivity contribution in [1.29, 1.82) is 0 Å². The van der Waals surface area contributed by atoms with Crippen LogP contribution in [0, 0.1) is 19.7 Å². The first-order valence-corrected chi connectivity index (χ1v) is 7.65. The third-order valence-electron chi connectivity index (χ3n) is 4.34. The number of amides is 1. The number of fused-ring (bicyclic) bond motifs is 1. The molecule has 0 radical (unpaired) electrons. The minimum absolute atomic E-state index is 0.0699. The fraction of sp³-hybridized carbons (Fsp3) is 0.211. The number of aromatic amines is 1. The topological polar surface area (TPSA) is 58.9 Å². The number of rotatable bonds is 3. The monoisotopic (exact) mass is 310 g/mol. The van der Waals surface area contributed by atoms with Crippen LogP contribution in [0.25, 0.3) is 22.0 Å². The average Bonchev–Trinajstić information content (AvgIpc) is 2.83. The molecule has 1 amide bonds. The van der Waals surface area contributed by atoms with E-state index in [9.17, 15) is 4.79 Å². The van der Waals surface area contributed by atoms with Crippen LogP contribution < -0.4 is 5.73 Å². The second-order valence-electron chi connectivity index (χ2n) is 5.80. The van der Waals surface area contributed by atoms with Crippen LogP contribution in [-0.4, -0.2) is 10.9 Å². The van der Waals surface area contributed by atoms with E-state index < -0.39 is 11.7 Å². The van der Waals surface area contributed by atoms with E-state index in [-0.39, 0.29) is 5.56 Å². The van der Waals surface area contributed by atoms with E-state index in [0.717, 1.165) is 33.3 Å². The lowest BCUT2D eigenvalue weighted by Crippen LogP contribution is -2.14. The Morgan fingerprint density at radius 1 is 1.17 bits per heavy atom. The number of nitrogens with one attached hydrogen (secondary N) is 1. The number of carbonyl (C=O) groups is 1. The van der Waals surface area contributed by atoms with Crippen LogP contribution in [0.3, 0.4) is 0 Å². The Balaban J connectivity index is 2.46. The highest BCUT2D eigenvalue weighted by Gasteiger charge is 2.22. The highest BCUT2D eigenvalue weighted by Crippen LogP contribution is 2.38. The summed E-state index contributed by atoms with van der Waals surface area (Å²) in [5.74, 6) is -1.29. The molecule has 118 valence electrons. The zero-order chi connectivity index (χ0) is 16.7. The molecule has 0 saturated carbocycles. The van der Waals surface area contributed by atoms with Crippen LogP contribution in [0.15, 0.2) is 30.3 Å². The highest BCUT2D eigenvalue weighted by atomic mass is 19.1. The molecule has 3 N–H and O–H groups in total. The van der Waals surface area contributed by atoms with Gasteiger partial charge in [0.1, 0.15) is 5.82 Å². The molecule has 4 heteroatoms. The first-order chi connectivity index (χ1) is 11.0. The van der Waals surface area contributed by atoms with Crippen LogP contribution in [0.5, 0.6) is 0 Å². The Hall–Kier alpha value is -2.62. The first kappa shape index (κ1) is 15.3. The van der Waals surface area contributed by atoms with Crippen molar-refractivity contribution < 1.29 is 9.18 Å². The number of primary amides is 1. The van der Waals surface area contributed by atoms with Crippen molar-refractivity contribution in [2.24, 2.45) is 5.73 Å². The lowest BCUT2D eigenvalue weighted by atomic mass is 9.91. The molecule has 2 aromatic carbocycles. The number of carbonyl (C=O) groups excluding carboxylic acids is 1. The zero-order valence-corrected chi connectivity index (χ0v) is 13.5. The molecule has 1 aromatic heterocycles. The Labute approximate surface area is 134 Å². The summed E-state index contributed by atoms with van der Waals surface area (Å²) in [4.78, 5) is 14.8. The van der Waals surface area contributed by atoms with Gasteiger partial charge in [-0.2, -0.15) is 0 Å². The van der Waals surface area contributed by atoms with Crippen LogP contribution >= 0.6 is 0 Å². The number of nitrogens with two attached hydrogens (primary N) is 1. The predicted octanol–water partition coefficient (Wildman–Crippen LogP) is 4.25. The maximum atomic E-state index is 15.1. The third kappa shape index (κ3) is 2.31. The molecule has 0 bridgehead atoms. The third-order valence-corrected chi connectivity index (χ3v) is 4.34. The fourth-order valence-corrected chi connectivity index (χ4v) is 3.24. The van der Waals surface area contributed by atoms with Crippen molar-refractivity contribution in [3.05, 3.63) is 58.5 Å². The Morgan fingerprint density at radius 3 is 2.57 bits per heavy atom. The van der Waals surface area contributed by atoms with Gasteiger partial charge in [-0.25, -0.2) is 4.39 Å². The molecule has 0 aliphatic heterocycles. The van der Waals surface area contributed by atoms with Crippen molar-refractivity contribution in [2.75, 3.05) is 0 Å². The van der Waals surface area contributed by atoms with Crippen LogP contribution in [0.4, 0.5) is 4.39 Å². The summed E-state index contributed by atoms with van der Waals surface area (Å²) in [6.07, 6.45) is 0.670. The smallest absolute Gasteiger partial charge is 0.251 e. The Morgan fingerprint density at radius 2 is 1.91 bits per heavy atom. The quantitative estimate of drug-likeness (QED) is 0.746. The van der Waals surface area contributed by atoms with Gasteiger partial charge in [-0.3, -0.25) is 4.79 Å². The van der Waals surface area contributed by atoms with Crippen molar-refractivity contribution in [3.8, 4) is 11.1 Å². The lowest BCUT2D eigenvalue weighted by molar-refractivity contribution is 0.0996. The second-order valence-corrected chi connectivity index (χ2v) is 5.80. The Kier molecular flexibility index (Phi) is 3.68. The van der Waals surface area contributed by atoms with Crippen molar-refractivity contribution in [3.63, 3.8) is 0 Å². The molecule has 0 saturated heterocycles. The van der Waals surface area contributed by atoms with Gasteiger partial charge in [0.2, 0.25) is 0 Å². The molecule has 3 nitrogen and oxygen atoms in total. The van der Waals surface area contributed by atoms with E-state index in [1.807, 2.05) is 39.0 Å². The average molecular weight is 310 g/mol.